The molecule has 7 nitrogen and oxygen atoms in total. The summed E-state index contributed by atoms with van der Waals surface area (Å²) < 4.78 is 5.02. The minimum atomic E-state index is -0.0165. The van der Waals surface area contributed by atoms with Crippen LogP contribution >= 0.6 is 0 Å². The third-order valence-electron chi connectivity index (χ3n) is 4.96. The number of aromatic nitrogens is 2. The summed E-state index contributed by atoms with van der Waals surface area (Å²) in [7, 11) is 0. The van der Waals surface area contributed by atoms with Crippen molar-refractivity contribution in [2.75, 3.05) is 13.1 Å². The van der Waals surface area contributed by atoms with E-state index in [9.17, 15) is 9.59 Å². The maximum atomic E-state index is 12.5. The maximum Gasteiger partial charge on any atom is 0.236 e. The molecule has 1 aromatic rings. The van der Waals surface area contributed by atoms with E-state index in [-0.39, 0.29) is 30.3 Å². The molecule has 2 atom stereocenters. The van der Waals surface area contributed by atoms with Crippen molar-refractivity contribution < 1.29 is 14.1 Å². The highest BCUT2D eigenvalue weighted by atomic mass is 16.5. The number of aryl methyl sites for hydroxylation is 1. The van der Waals surface area contributed by atoms with Crippen LogP contribution in [0.4, 0.5) is 0 Å². The predicted octanol–water partition coefficient (Wildman–Crippen LogP) is 0.532. The zero-order valence-electron chi connectivity index (χ0n) is 12.7. The minimum Gasteiger partial charge on any atom is -0.339 e. The van der Waals surface area contributed by atoms with Gasteiger partial charge in [0.05, 0.1) is 12.1 Å². The zero-order chi connectivity index (χ0) is 15.3. The van der Waals surface area contributed by atoms with E-state index in [2.05, 4.69) is 10.1 Å². The molecule has 3 heterocycles. The smallest absolute Gasteiger partial charge is 0.236 e. The number of hydrogen-bond acceptors (Lipinski definition) is 5. The Bertz CT molecular complexity index is 610. The lowest BCUT2D eigenvalue weighted by atomic mass is 10.1. The molecule has 3 fully saturated rings. The first-order chi connectivity index (χ1) is 10.6. The van der Waals surface area contributed by atoms with Crippen molar-refractivity contribution in [2.24, 2.45) is 5.92 Å². The fourth-order valence-electron chi connectivity index (χ4n) is 3.70. The Morgan fingerprint density at radius 2 is 2.14 bits per heavy atom. The molecule has 1 aromatic heterocycles. The van der Waals surface area contributed by atoms with E-state index in [1.54, 1.807) is 6.92 Å². The molecular weight excluding hydrogens is 284 g/mol. The third-order valence-corrected chi connectivity index (χ3v) is 4.96. The van der Waals surface area contributed by atoms with Crippen molar-refractivity contribution in [3.05, 3.63) is 11.7 Å². The van der Waals surface area contributed by atoms with Crippen molar-refractivity contribution >= 4 is 11.8 Å². The van der Waals surface area contributed by atoms with Crippen LogP contribution in [0.15, 0.2) is 4.52 Å². The number of fused-ring (bicyclic) bond motifs is 1. The first-order valence-electron chi connectivity index (χ1n) is 8.00. The van der Waals surface area contributed by atoms with Crippen LogP contribution in [0, 0.1) is 12.8 Å². The van der Waals surface area contributed by atoms with Crippen LogP contribution < -0.4 is 0 Å². The molecule has 0 bridgehead atoms. The Balaban J connectivity index is 1.43. The van der Waals surface area contributed by atoms with Crippen LogP contribution in [0.5, 0.6) is 0 Å². The van der Waals surface area contributed by atoms with Crippen LogP contribution in [0.2, 0.25) is 0 Å². The fraction of sp³-hybridized carbons (Fsp3) is 0.733. The quantitative estimate of drug-likeness (QED) is 0.811. The molecule has 0 unspecified atom stereocenters. The molecule has 22 heavy (non-hydrogen) atoms. The van der Waals surface area contributed by atoms with Gasteiger partial charge in [0, 0.05) is 19.5 Å². The molecule has 4 rings (SSSR count). The van der Waals surface area contributed by atoms with Crippen LogP contribution in [0.1, 0.15) is 37.4 Å². The van der Waals surface area contributed by atoms with Gasteiger partial charge in [-0.25, -0.2) is 0 Å². The van der Waals surface area contributed by atoms with E-state index in [0.29, 0.717) is 24.1 Å². The number of hydrogen-bond donors (Lipinski definition) is 0. The molecule has 0 aromatic carbocycles. The minimum absolute atomic E-state index is 0.0165. The summed E-state index contributed by atoms with van der Waals surface area (Å²) in [6.07, 6.45) is 3.95. The van der Waals surface area contributed by atoms with Gasteiger partial charge < -0.3 is 14.3 Å². The van der Waals surface area contributed by atoms with E-state index >= 15 is 0 Å². The number of carbonyl (C=O) groups is 2. The first kappa shape index (κ1) is 13.7. The maximum absolute atomic E-state index is 12.5. The predicted molar refractivity (Wildman–Crippen MR) is 75.7 cm³/mol. The summed E-state index contributed by atoms with van der Waals surface area (Å²) in [4.78, 5) is 32.7. The third kappa shape index (κ3) is 2.38. The van der Waals surface area contributed by atoms with Gasteiger partial charge in [0.25, 0.3) is 0 Å². The van der Waals surface area contributed by atoms with Gasteiger partial charge in [-0.2, -0.15) is 4.98 Å². The number of amides is 2. The van der Waals surface area contributed by atoms with Crippen molar-refractivity contribution in [3.63, 3.8) is 0 Å². The highest BCUT2D eigenvalue weighted by Gasteiger charge is 2.49. The summed E-state index contributed by atoms with van der Waals surface area (Å²) in [6, 6.07) is 0.240. The molecule has 2 aliphatic heterocycles. The molecule has 2 amide bonds. The van der Waals surface area contributed by atoms with Gasteiger partial charge in [0.15, 0.2) is 5.82 Å². The van der Waals surface area contributed by atoms with Crippen molar-refractivity contribution in [1.29, 1.82) is 0 Å². The average molecular weight is 304 g/mol. The van der Waals surface area contributed by atoms with E-state index in [1.165, 1.54) is 12.8 Å². The topological polar surface area (TPSA) is 79.5 Å². The van der Waals surface area contributed by atoms with E-state index in [4.69, 9.17) is 4.52 Å². The van der Waals surface area contributed by atoms with Crippen LogP contribution in [-0.4, -0.2) is 56.9 Å². The Morgan fingerprint density at radius 3 is 2.82 bits per heavy atom. The zero-order valence-corrected chi connectivity index (χ0v) is 12.7. The van der Waals surface area contributed by atoms with Crippen molar-refractivity contribution in [3.8, 4) is 0 Å². The number of carbonyl (C=O) groups excluding carboxylic acids is 2. The van der Waals surface area contributed by atoms with E-state index < -0.39 is 0 Å². The fourth-order valence-corrected chi connectivity index (χ4v) is 3.70. The lowest BCUT2D eigenvalue weighted by Crippen LogP contribution is -2.41. The molecular formula is C15H20N4O3. The highest BCUT2D eigenvalue weighted by Crippen LogP contribution is 2.37. The number of rotatable bonds is 4. The van der Waals surface area contributed by atoms with E-state index in [0.717, 1.165) is 19.5 Å². The second-order valence-electron chi connectivity index (χ2n) is 6.62. The van der Waals surface area contributed by atoms with Crippen LogP contribution in [0.25, 0.3) is 0 Å². The lowest BCUT2D eigenvalue weighted by Gasteiger charge is -2.25. The second kappa shape index (κ2) is 5.07. The van der Waals surface area contributed by atoms with Crippen LogP contribution in [0.3, 0.4) is 0 Å². The second-order valence-corrected chi connectivity index (χ2v) is 6.62. The average Bonchev–Trinajstić information content (AvgIpc) is 2.94. The van der Waals surface area contributed by atoms with E-state index in [1.807, 2.05) is 9.80 Å². The van der Waals surface area contributed by atoms with Gasteiger partial charge >= 0.3 is 0 Å². The Kier molecular flexibility index (Phi) is 3.16. The SMILES string of the molecule is Cc1noc(CC(=O)N2CC[C@H]3[C@H]2CC(=O)N3CC2CC2)n1. The van der Waals surface area contributed by atoms with Gasteiger partial charge in [-0.15, -0.1) is 0 Å². The molecule has 1 saturated carbocycles. The molecule has 7 heteroatoms. The molecule has 3 aliphatic rings. The van der Waals surface area contributed by atoms with Gasteiger partial charge in [-0.05, 0) is 32.1 Å². The number of likely N-dealkylation sites (tertiary alicyclic amines) is 2. The highest BCUT2D eigenvalue weighted by molar-refractivity contribution is 5.84. The first-order valence-corrected chi connectivity index (χ1v) is 8.00. The normalized spacial score (nSPS) is 27.6. The molecule has 2 saturated heterocycles. The number of nitrogens with zero attached hydrogens (tertiary/aromatic N) is 4. The van der Waals surface area contributed by atoms with Gasteiger partial charge in [0.2, 0.25) is 17.7 Å². The van der Waals surface area contributed by atoms with Crippen molar-refractivity contribution in [2.45, 2.75) is 51.1 Å². The molecule has 1 aliphatic carbocycles. The molecule has 0 N–H and O–H groups in total. The Morgan fingerprint density at radius 1 is 1.32 bits per heavy atom. The molecule has 0 radical (unpaired) electrons. The van der Waals surface area contributed by atoms with Gasteiger partial charge in [-0.3, -0.25) is 9.59 Å². The van der Waals surface area contributed by atoms with Gasteiger partial charge in [0.1, 0.15) is 6.42 Å². The lowest BCUT2D eigenvalue weighted by molar-refractivity contribution is -0.131. The largest absolute Gasteiger partial charge is 0.339 e. The van der Waals surface area contributed by atoms with Crippen molar-refractivity contribution in [1.82, 2.24) is 19.9 Å². The molecule has 0 spiro atoms. The monoisotopic (exact) mass is 304 g/mol. The summed E-state index contributed by atoms with van der Waals surface area (Å²) in [5, 5.41) is 3.71. The summed E-state index contributed by atoms with van der Waals surface area (Å²) in [5.74, 6) is 1.76. The standard InChI is InChI=1S/C15H20N4O3/c1-9-16-13(22-17-9)7-15(21)18-5-4-11-12(18)6-14(20)19(11)8-10-2-3-10/h10-12H,2-8H2,1H3/t11-,12+/m0/s1. The Labute approximate surface area is 128 Å². The summed E-state index contributed by atoms with van der Waals surface area (Å²) in [5.41, 5.74) is 0. The van der Waals surface area contributed by atoms with Gasteiger partial charge in [-0.1, -0.05) is 5.16 Å². The summed E-state index contributed by atoms with van der Waals surface area (Å²) in [6.45, 7) is 3.33. The van der Waals surface area contributed by atoms with Crippen LogP contribution in [-0.2, 0) is 16.0 Å². The Hall–Kier alpha value is -1.92. The molecule has 118 valence electrons. The summed E-state index contributed by atoms with van der Waals surface area (Å²) >= 11 is 0.